The fraction of sp³-hybridized carbons (Fsp3) is 0.500. The summed E-state index contributed by atoms with van der Waals surface area (Å²) in [5.74, 6) is 1.22. The van der Waals surface area contributed by atoms with Crippen molar-refractivity contribution in [1.82, 2.24) is 9.78 Å². The highest BCUT2D eigenvalue weighted by atomic mass is 16.1. The smallest absolute Gasteiger partial charge is 0.227 e. The lowest BCUT2D eigenvalue weighted by Crippen LogP contribution is -2.48. The Morgan fingerprint density at radius 1 is 1.20 bits per heavy atom. The standard InChI is InChI=1S/C20H26N4O/c1-13-18(12-22-24(13)17-8-3-2-4-9-17)23-20(25)16-10-14-6-5-7-15(11-16)19(14)21/h2-4,8-9,12,14-16,19H,5-7,10-11,21H2,1H3,(H,23,25). The number of hydrogen-bond donors (Lipinski definition) is 2. The van der Waals surface area contributed by atoms with Crippen LogP contribution >= 0.6 is 0 Å². The van der Waals surface area contributed by atoms with E-state index < -0.39 is 0 Å². The highest BCUT2D eigenvalue weighted by Crippen LogP contribution is 2.42. The average molecular weight is 338 g/mol. The van der Waals surface area contributed by atoms with Gasteiger partial charge in [0.2, 0.25) is 5.91 Å². The Kier molecular flexibility index (Phi) is 4.34. The van der Waals surface area contributed by atoms with E-state index in [4.69, 9.17) is 5.73 Å². The highest BCUT2D eigenvalue weighted by molar-refractivity contribution is 5.93. The number of nitrogens with zero attached hydrogens (tertiary/aromatic N) is 2. The van der Waals surface area contributed by atoms with E-state index in [1.54, 1.807) is 6.20 Å². The van der Waals surface area contributed by atoms with Crippen molar-refractivity contribution in [3.8, 4) is 5.69 Å². The van der Waals surface area contributed by atoms with Crippen LogP contribution in [-0.2, 0) is 4.79 Å². The van der Waals surface area contributed by atoms with E-state index in [0.717, 1.165) is 29.9 Å². The molecule has 3 N–H and O–H groups in total. The van der Waals surface area contributed by atoms with Crippen molar-refractivity contribution in [2.24, 2.45) is 23.5 Å². The predicted octanol–water partition coefficient (Wildman–Crippen LogP) is 3.27. The minimum absolute atomic E-state index is 0.0783. The van der Waals surface area contributed by atoms with Gasteiger partial charge in [0.1, 0.15) is 0 Å². The molecule has 5 nitrogen and oxygen atoms in total. The Morgan fingerprint density at radius 2 is 1.88 bits per heavy atom. The number of rotatable bonds is 3. The van der Waals surface area contributed by atoms with Crippen LogP contribution in [0.2, 0.25) is 0 Å². The number of benzene rings is 1. The van der Waals surface area contributed by atoms with Crippen LogP contribution in [0.4, 0.5) is 5.69 Å². The van der Waals surface area contributed by atoms with Gasteiger partial charge >= 0.3 is 0 Å². The molecule has 5 heteroatoms. The molecular weight excluding hydrogens is 312 g/mol. The van der Waals surface area contributed by atoms with Gasteiger partial charge in [-0.2, -0.15) is 5.10 Å². The summed E-state index contributed by atoms with van der Waals surface area (Å²) in [4.78, 5) is 12.8. The minimum Gasteiger partial charge on any atom is -0.327 e. The number of hydrogen-bond acceptors (Lipinski definition) is 3. The van der Waals surface area contributed by atoms with E-state index in [0.29, 0.717) is 17.9 Å². The molecule has 25 heavy (non-hydrogen) atoms. The molecular formula is C20H26N4O. The van der Waals surface area contributed by atoms with Crippen molar-refractivity contribution < 1.29 is 4.79 Å². The van der Waals surface area contributed by atoms with Crippen molar-refractivity contribution >= 4 is 11.6 Å². The number of carbonyl (C=O) groups excluding carboxylic acids is 1. The molecule has 4 rings (SSSR count). The van der Waals surface area contributed by atoms with Crippen LogP contribution < -0.4 is 11.1 Å². The Labute approximate surface area is 148 Å². The normalized spacial score (nSPS) is 28.6. The molecule has 0 aliphatic heterocycles. The maximum absolute atomic E-state index is 12.8. The van der Waals surface area contributed by atoms with Crippen LogP contribution in [0.3, 0.4) is 0 Å². The first-order valence-electron chi connectivity index (χ1n) is 9.30. The molecule has 1 heterocycles. The quantitative estimate of drug-likeness (QED) is 0.902. The summed E-state index contributed by atoms with van der Waals surface area (Å²) < 4.78 is 1.86. The monoisotopic (exact) mass is 338 g/mol. The van der Waals surface area contributed by atoms with Gasteiger partial charge in [0.25, 0.3) is 0 Å². The van der Waals surface area contributed by atoms with Gasteiger partial charge in [0, 0.05) is 12.0 Å². The molecule has 1 aromatic heterocycles. The Morgan fingerprint density at radius 3 is 2.56 bits per heavy atom. The Hall–Kier alpha value is -2.14. The number of para-hydroxylation sites is 1. The third kappa shape index (κ3) is 3.09. The zero-order valence-electron chi connectivity index (χ0n) is 14.7. The van der Waals surface area contributed by atoms with E-state index in [2.05, 4.69) is 10.4 Å². The second-order valence-electron chi connectivity index (χ2n) is 7.58. The van der Waals surface area contributed by atoms with Crippen LogP contribution in [-0.4, -0.2) is 21.7 Å². The molecule has 0 radical (unpaired) electrons. The summed E-state index contributed by atoms with van der Waals surface area (Å²) in [6.45, 7) is 1.99. The van der Waals surface area contributed by atoms with Crippen molar-refractivity contribution in [2.75, 3.05) is 5.32 Å². The summed E-state index contributed by atoms with van der Waals surface area (Å²) in [6, 6.07) is 10.3. The van der Waals surface area contributed by atoms with Crippen LogP contribution in [0, 0.1) is 24.7 Å². The van der Waals surface area contributed by atoms with Crippen molar-refractivity contribution in [2.45, 2.75) is 45.1 Å². The molecule has 2 saturated carbocycles. The van der Waals surface area contributed by atoms with E-state index in [1.165, 1.54) is 19.3 Å². The lowest BCUT2D eigenvalue weighted by Gasteiger charge is -2.43. The molecule has 2 unspecified atom stereocenters. The topological polar surface area (TPSA) is 72.9 Å². The number of nitrogens with one attached hydrogen (secondary N) is 1. The second-order valence-corrected chi connectivity index (χ2v) is 7.58. The fourth-order valence-corrected chi connectivity index (χ4v) is 4.60. The molecule has 0 saturated heterocycles. The van der Waals surface area contributed by atoms with Gasteiger partial charge in [0.15, 0.2) is 0 Å². The van der Waals surface area contributed by atoms with E-state index in [9.17, 15) is 4.79 Å². The molecule has 1 aromatic carbocycles. The number of amides is 1. The van der Waals surface area contributed by atoms with Gasteiger partial charge in [-0.25, -0.2) is 4.68 Å². The Bertz CT molecular complexity index is 740. The zero-order valence-corrected chi connectivity index (χ0v) is 14.7. The third-order valence-electron chi connectivity index (χ3n) is 6.05. The van der Waals surface area contributed by atoms with Gasteiger partial charge in [-0.3, -0.25) is 4.79 Å². The second kappa shape index (κ2) is 6.64. The Balaban J connectivity index is 1.48. The number of nitrogens with two attached hydrogens (primary N) is 1. The van der Waals surface area contributed by atoms with Crippen molar-refractivity contribution in [1.29, 1.82) is 0 Å². The highest BCUT2D eigenvalue weighted by Gasteiger charge is 2.40. The first-order valence-corrected chi connectivity index (χ1v) is 9.30. The first kappa shape index (κ1) is 16.3. The summed E-state index contributed by atoms with van der Waals surface area (Å²) >= 11 is 0. The van der Waals surface area contributed by atoms with Gasteiger partial charge in [-0.05, 0) is 56.6 Å². The van der Waals surface area contributed by atoms with E-state index in [1.807, 2.05) is 41.9 Å². The third-order valence-corrected chi connectivity index (χ3v) is 6.05. The maximum Gasteiger partial charge on any atom is 0.227 e. The summed E-state index contributed by atoms with van der Waals surface area (Å²) in [5.41, 5.74) is 9.10. The van der Waals surface area contributed by atoms with Crippen molar-refractivity contribution in [3.05, 3.63) is 42.2 Å². The van der Waals surface area contributed by atoms with Crippen LogP contribution in [0.25, 0.3) is 5.69 Å². The molecule has 132 valence electrons. The lowest BCUT2D eigenvalue weighted by atomic mass is 9.65. The van der Waals surface area contributed by atoms with Gasteiger partial charge in [-0.15, -0.1) is 0 Å². The largest absolute Gasteiger partial charge is 0.327 e. The average Bonchev–Trinajstić information content (AvgIpc) is 2.96. The maximum atomic E-state index is 12.8. The summed E-state index contributed by atoms with van der Waals surface area (Å²) in [5, 5.41) is 7.55. The molecule has 1 amide bonds. The number of anilines is 1. The van der Waals surface area contributed by atoms with Crippen molar-refractivity contribution in [3.63, 3.8) is 0 Å². The van der Waals surface area contributed by atoms with Crippen LogP contribution in [0.5, 0.6) is 0 Å². The molecule has 2 atom stereocenters. The molecule has 2 bridgehead atoms. The molecule has 2 aliphatic carbocycles. The number of fused-ring (bicyclic) bond motifs is 2. The lowest BCUT2D eigenvalue weighted by molar-refractivity contribution is -0.122. The fourth-order valence-electron chi connectivity index (χ4n) is 4.60. The minimum atomic E-state index is 0.0783. The molecule has 2 fully saturated rings. The SMILES string of the molecule is Cc1c(NC(=O)C2CC3CCCC(C2)C3N)cnn1-c1ccccc1. The van der Waals surface area contributed by atoms with Gasteiger partial charge in [0.05, 0.1) is 23.3 Å². The predicted molar refractivity (Wildman–Crippen MR) is 98.5 cm³/mol. The number of carbonyl (C=O) groups is 1. The van der Waals surface area contributed by atoms with Gasteiger partial charge < -0.3 is 11.1 Å². The van der Waals surface area contributed by atoms with Crippen LogP contribution in [0.15, 0.2) is 36.5 Å². The summed E-state index contributed by atoms with van der Waals surface area (Å²) in [7, 11) is 0. The first-order chi connectivity index (χ1) is 12.1. The van der Waals surface area contributed by atoms with E-state index in [-0.39, 0.29) is 11.8 Å². The molecule has 0 spiro atoms. The number of aromatic nitrogens is 2. The van der Waals surface area contributed by atoms with Gasteiger partial charge in [-0.1, -0.05) is 24.6 Å². The molecule has 2 aromatic rings. The summed E-state index contributed by atoms with van der Waals surface area (Å²) in [6.07, 6.45) is 7.21. The van der Waals surface area contributed by atoms with Crippen LogP contribution in [0.1, 0.15) is 37.8 Å². The molecule has 2 aliphatic rings. The van der Waals surface area contributed by atoms with E-state index >= 15 is 0 Å². The zero-order chi connectivity index (χ0) is 17.4.